The zero-order chi connectivity index (χ0) is 27.1. The topological polar surface area (TPSA) is 188 Å². The monoisotopic (exact) mass is 572 g/mol. The van der Waals surface area contributed by atoms with Gasteiger partial charge in [-0.25, -0.2) is 8.42 Å². The van der Waals surface area contributed by atoms with Crippen LogP contribution in [0.4, 0.5) is 0 Å². The fourth-order valence-electron chi connectivity index (χ4n) is 4.91. The fourth-order valence-corrected chi connectivity index (χ4v) is 6.16. The van der Waals surface area contributed by atoms with E-state index in [-0.39, 0.29) is 66.3 Å². The van der Waals surface area contributed by atoms with Crippen LogP contribution >= 0.6 is 12.4 Å². The first-order valence-electron chi connectivity index (χ1n) is 12.4. The van der Waals surface area contributed by atoms with Crippen molar-refractivity contribution in [2.45, 2.75) is 55.9 Å². The van der Waals surface area contributed by atoms with Crippen LogP contribution in [-0.2, 0) is 24.4 Å². The Morgan fingerprint density at radius 2 is 1.45 bits per heavy atom. The summed E-state index contributed by atoms with van der Waals surface area (Å²) in [5.74, 6) is -1.51. The number of nitrogens with zero attached hydrogens (tertiary/aromatic N) is 3. The maximum absolute atomic E-state index is 12.8. The van der Waals surface area contributed by atoms with Crippen LogP contribution in [0.5, 0.6) is 0 Å². The molecule has 1 unspecified atom stereocenters. The number of nitrogens with two attached hydrogens (primary N) is 2. The molecule has 212 valence electrons. The van der Waals surface area contributed by atoms with Crippen LogP contribution in [0.15, 0.2) is 40.2 Å². The van der Waals surface area contributed by atoms with E-state index in [1.807, 2.05) is 4.90 Å². The molecule has 6 N–H and O–H groups in total. The molecular weight excluding hydrogens is 536 g/mol. The van der Waals surface area contributed by atoms with E-state index in [9.17, 15) is 27.9 Å². The Hall–Kier alpha value is -2.90. The summed E-state index contributed by atoms with van der Waals surface area (Å²) in [6, 6.07) is 6.11. The van der Waals surface area contributed by atoms with Crippen molar-refractivity contribution in [3.63, 3.8) is 0 Å². The smallest absolute Gasteiger partial charge is 0.321 e. The molecule has 1 aromatic rings. The van der Waals surface area contributed by atoms with Gasteiger partial charge in [0.15, 0.2) is 5.96 Å². The van der Waals surface area contributed by atoms with Crippen LogP contribution in [0.2, 0.25) is 0 Å². The highest BCUT2D eigenvalue weighted by Crippen LogP contribution is 2.41. The molecule has 1 aromatic carbocycles. The van der Waals surface area contributed by atoms with Crippen LogP contribution in [-0.4, -0.2) is 85.8 Å². The van der Waals surface area contributed by atoms with Crippen molar-refractivity contribution >= 4 is 46.2 Å². The third-order valence-corrected chi connectivity index (χ3v) is 8.76. The summed E-state index contributed by atoms with van der Waals surface area (Å²) in [5.41, 5.74) is 10.7. The van der Waals surface area contributed by atoms with E-state index >= 15 is 0 Å². The van der Waals surface area contributed by atoms with Gasteiger partial charge in [-0.1, -0.05) is 18.2 Å². The van der Waals surface area contributed by atoms with E-state index in [2.05, 4.69) is 9.71 Å². The molecule has 12 nitrogen and oxygen atoms in total. The lowest BCUT2D eigenvalue weighted by atomic mass is 9.71. The van der Waals surface area contributed by atoms with Gasteiger partial charge in [0.05, 0.1) is 11.4 Å². The van der Waals surface area contributed by atoms with Gasteiger partial charge >= 0.3 is 5.97 Å². The predicted molar refractivity (Wildman–Crippen MR) is 144 cm³/mol. The number of carboxylic acids is 1. The highest BCUT2D eigenvalue weighted by Gasteiger charge is 2.39. The Kier molecular flexibility index (Phi) is 11.3. The number of guanidine groups is 1. The number of hydrogen-bond acceptors (Lipinski definition) is 6. The number of hydrogen-bond donors (Lipinski definition) is 4. The van der Waals surface area contributed by atoms with Gasteiger partial charge in [0.2, 0.25) is 21.8 Å². The molecule has 0 aliphatic carbocycles. The van der Waals surface area contributed by atoms with Gasteiger partial charge < -0.3 is 26.4 Å². The Morgan fingerprint density at radius 3 is 1.92 bits per heavy atom. The van der Waals surface area contributed by atoms with Crippen LogP contribution in [0.3, 0.4) is 0 Å². The summed E-state index contributed by atoms with van der Waals surface area (Å²) in [5, 5.41) is 9.51. The minimum Gasteiger partial charge on any atom is -0.480 e. The molecule has 0 saturated carbocycles. The lowest BCUT2D eigenvalue weighted by Gasteiger charge is -2.47. The van der Waals surface area contributed by atoms with Crippen molar-refractivity contribution in [1.82, 2.24) is 14.5 Å². The quantitative estimate of drug-likeness (QED) is 0.230. The second kappa shape index (κ2) is 13.8. The zero-order valence-electron chi connectivity index (χ0n) is 21.3. The van der Waals surface area contributed by atoms with Crippen molar-refractivity contribution in [3.8, 4) is 0 Å². The number of aliphatic imine (C=N–C) groups is 1. The SMILES string of the molecule is Cl.NC(N)=NCCC(=O)N1CCC2(CC1)CCN(C(=O)CCC(NS(=O)(=O)c1ccccc1)C(=O)O)CC2. The average molecular weight is 573 g/mol. The van der Waals surface area contributed by atoms with E-state index in [4.69, 9.17) is 11.5 Å². The van der Waals surface area contributed by atoms with Crippen molar-refractivity contribution < 1.29 is 27.9 Å². The molecule has 1 spiro atoms. The molecule has 3 rings (SSSR count). The number of sulfonamides is 1. The van der Waals surface area contributed by atoms with Crippen LogP contribution in [0, 0.1) is 5.41 Å². The molecule has 14 heteroatoms. The number of rotatable bonds is 10. The van der Waals surface area contributed by atoms with E-state index in [1.165, 1.54) is 12.1 Å². The number of aliphatic carboxylic acids is 1. The van der Waals surface area contributed by atoms with Crippen molar-refractivity contribution in [3.05, 3.63) is 30.3 Å². The Bertz CT molecular complexity index is 1090. The molecule has 2 amide bonds. The van der Waals surface area contributed by atoms with E-state index in [0.717, 1.165) is 25.7 Å². The van der Waals surface area contributed by atoms with Crippen LogP contribution in [0.25, 0.3) is 0 Å². The van der Waals surface area contributed by atoms with Crippen LogP contribution < -0.4 is 16.2 Å². The number of carboxylic acid groups (broad SMARTS) is 1. The number of amides is 2. The molecule has 0 aromatic heterocycles. The third-order valence-electron chi connectivity index (χ3n) is 7.27. The predicted octanol–water partition coefficient (Wildman–Crippen LogP) is 0.515. The number of carbonyl (C=O) groups excluding carboxylic acids is 2. The standard InChI is InChI=1S/C24H36N6O6S.ClH/c25-23(26)27-13-8-21(32)30-16-11-24(12-17-30)9-14-29(15-10-24)20(31)7-6-19(22(33)34)28-37(35,36)18-4-2-1-3-5-18;/h1-5,19,28H,6-17H2,(H,33,34)(H4,25,26,27);1H. The van der Waals surface area contributed by atoms with Crippen molar-refractivity contribution in [2.75, 3.05) is 32.7 Å². The van der Waals surface area contributed by atoms with Crippen molar-refractivity contribution in [1.29, 1.82) is 0 Å². The second-order valence-electron chi connectivity index (χ2n) is 9.68. The molecule has 2 heterocycles. The minimum atomic E-state index is -4.02. The molecule has 0 bridgehead atoms. The fraction of sp³-hybridized carbons (Fsp3) is 0.583. The van der Waals surface area contributed by atoms with E-state index in [1.54, 1.807) is 23.1 Å². The number of benzene rings is 1. The Balaban J connectivity index is 0.00000507. The molecule has 0 radical (unpaired) electrons. The first kappa shape index (κ1) is 31.3. The second-order valence-corrected chi connectivity index (χ2v) is 11.4. The largest absolute Gasteiger partial charge is 0.480 e. The molecule has 2 aliphatic heterocycles. The summed E-state index contributed by atoms with van der Waals surface area (Å²) in [6.45, 7) is 2.72. The molecular formula is C24H37ClN6O6S. The highest BCUT2D eigenvalue weighted by molar-refractivity contribution is 7.89. The first-order chi connectivity index (χ1) is 17.5. The Morgan fingerprint density at radius 1 is 0.947 bits per heavy atom. The van der Waals surface area contributed by atoms with Gasteiger partial charge in [-0.05, 0) is 49.7 Å². The van der Waals surface area contributed by atoms with Crippen LogP contribution in [0.1, 0.15) is 44.9 Å². The molecule has 2 saturated heterocycles. The molecule has 1 atom stereocenters. The summed E-state index contributed by atoms with van der Waals surface area (Å²) in [6.07, 6.45) is 3.43. The average Bonchev–Trinajstić information content (AvgIpc) is 2.87. The zero-order valence-corrected chi connectivity index (χ0v) is 22.9. The van der Waals surface area contributed by atoms with Crippen molar-refractivity contribution in [2.24, 2.45) is 21.9 Å². The van der Waals surface area contributed by atoms with Gasteiger partial charge in [0.1, 0.15) is 6.04 Å². The summed E-state index contributed by atoms with van der Waals surface area (Å²) < 4.78 is 27.2. The molecule has 2 aliphatic rings. The third kappa shape index (κ3) is 8.57. The normalized spacial score (nSPS) is 17.8. The molecule has 2 fully saturated rings. The summed E-state index contributed by atoms with van der Waals surface area (Å²) in [7, 11) is -4.02. The number of nitrogens with one attached hydrogen (secondary N) is 1. The van der Waals surface area contributed by atoms with E-state index in [0.29, 0.717) is 26.2 Å². The maximum Gasteiger partial charge on any atom is 0.321 e. The lowest BCUT2D eigenvalue weighted by Crippen LogP contribution is -2.49. The summed E-state index contributed by atoms with van der Waals surface area (Å²) >= 11 is 0. The first-order valence-corrected chi connectivity index (χ1v) is 13.9. The minimum absolute atomic E-state index is 0. The van der Waals surface area contributed by atoms with Gasteiger partial charge in [-0.2, -0.15) is 4.72 Å². The van der Waals surface area contributed by atoms with Gasteiger partial charge in [-0.3, -0.25) is 19.4 Å². The van der Waals surface area contributed by atoms with Gasteiger partial charge in [0, 0.05) is 39.0 Å². The molecule has 38 heavy (non-hydrogen) atoms. The van der Waals surface area contributed by atoms with E-state index < -0.39 is 22.0 Å². The Labute approximate surface area is 229 Å². The highest BCUT2D eigenvalue weighted by atomic mass is 35.5. The lowest BCUT2D eigenvalue weighted by molar-refractivity contribution is -0.139. The number of carbonyl (C=O) groups is 3. The van der Waals surface area contributed by atoms with Gasteiger partial charge in [0.25, 0.3) is 0 Å². The maximum atomic E-state index is 12.8. The summed E-state index contributed by atoms with van der Waals surface area (Å²) in [4.78, 5) is 44.2. The number of piperidine rings is 2. The number of likely N-dealkylation sites (tertiary alicyclic amines) is 2. The number of halogens is 1. The van der Waals surface area contributed by atoms with Gasteiger partial charge in [-0.15, -0.1) is 12.4 Å².